The SMILES string of the molecule is O=C(c1cccc(Cl)c1)c1ccc(F)cc1Br. The molecule has 0 aliphatic carbocycles. The lowest BCUT2D eigenvalue weighted by Gasteiger charge is -2.04. The summed E-state index contributed by atoms with van der Waals surface area (Å²) < 4.78 is 13.3. The number of halogens is 3. The van der Waals surface area contributed by atoms with E-state index < -0.39 is 0 Å². The first-order valence-corrected chi connectivity index (χ1v) is 6.00. The van der Waals surface area contributed by atoms with E-state index in [9.17, 15) is 9.18 Å². The zero-order chi connectivity index (χ0) is 12.4. The van der Waals surface area contributed by atoms with Gasteiger partial charge in [0.2, 0.25) is 0 Å². The van der Waals surface area contributed by atoms with E-state index in [0.29, 0.717) is 20.6 Å². The van der Waals surface area contributed by atoms with E-state index in [4.69, 9.17) is 11.6 Å². The summed E-state index contributed by atoms with van der Waals surface area (Å²) in [4.78, 5) is 12.1. The molecule has 0 spiro atoms. The van der Waals surface area contributed by atoms with Crippen molar-refractivity contribution in [3.8, 4) is 0 Å². The molecule has 1 nitrogen and oxygen atoms in total. The van der Waals surface area contributed by atoms with Crippen LogP contribution in [-0.4, -0.2) is 5.78 Å². The van der Waals surface area contributed by atoms with Gasteiger partial charge in [0.05, 0.1) is 0 Å². The lowest BCUT2D eigenvalue weighted by Crippen LogP contribution is -2.02. The average molecular weight is 314 g/mol. The number of carbonyl (C=O) groups is 1. The summed E-state index contributed by atoms with van der Waals surface area (Å²) in [5, 5.41) is 0.495. The summed E-state index contributed by atoms with van der Waals surface area (Å²) >= 11 is 8.99. The second kappa shape index (κ2) is 4.98. The molecular weight excluding hydrogens is 306 g/mol. The van der Waals surface area contributed by atoms with E-state index in [0.717, 1.165) is 0 Å². The van der Waals surface area contributed by atoms with Gasteiger partial charge in [0.15, 0.2) is 5.78 Å². The van der Waals surface area contributed by atoms with Gasteiger partial charge in [-0.05, 0) is 46.3 Å². The quantitative estimate of drug-likeness (QED) is 0.748. The fraction of sp³-hybridized carbons (Fsp3) is 0. The summed E-state index contributed by atoms with van der Waals surface area (Å²) in [5.74, 6) is -0.584. The molecule has 17 heavy (non-hydrogen) atoms. The summed E-state index contributed by atoms with van der Waals surface area (Å²) in [7, 11) is 0. The van der Waals surface area contributed by atoms with Gasteiger partial charge >= 0.3 is 0 Å². The van der Waals surface area contributed by atoms with Crippen molar-refractivity contribution in [2.75, 3.05) is 0 Å². The molecule has 0 fully saturated rings. The first kappa shape index (κ1) is 12.3. The van der Waals surface area contributed by atoms with Gasteiger partial charge < -0.3 is 0 Å². The van der Waals surface area contributed by atoms with E-state index in [2.05, 4.69) is 15.9 Å². The average Bonchev–Trinajstić information content (AvgIpc) is 2.28. The highest BCUT2D eigenvalue weighted by atomic mass is 79.9. The van der Waals surface area contributed by atoms with Crippen LogP contribution in [0.3, 0.4) is 0 Å². The van der Waals surface area contributed by atoms with Crippen LogP contribution in [0.15, 0.2) is 46.9 Å². The Morgan fingerprint density at radius 2 is 1.94 bits per heavy atom. The van der Waals surface area contributed by atoms with Gasteiger partial charge in [0.1, 0.15) is 5.82 Å². The molecule has 0 radical (unpaired) electrons. The van der Waals surface area contributed by atoms with Crippen LogP contribution in [0.1, 0.15) is 15.9 Å². The highest BCUT2D eigenvalue weighted by Gasteiger charge is 2.13. The first-order valence-electron chi connectivity index (χ1n) is 4.83. The molecule has 2 rings (SSSR count). The van der Waals surface area contributed by atoms with Gasteiger partial charge in [-0.25, -0.2) is 4.39 Å². The van der Waals surface area contributed by atoms with Crippen LogP contribution < -0.4 is 0 Å². The third kappa shape index (κ3) is 2.73. The Hall–Kier alpha value is -1.19. The Kier molecular flexibility index (Phi) is 3.60. The largest absolute Gasteiger partial charge is 0.289 e. The Morgan fingerprint density at radius 1 is 1.18 bits per heavy atom. The van der Waals surface area contributed by atoms with Crippen molar-refractivity contribution in [2.45, 2.75) is 0 Å². The van der Waals surface area contributed by atoms with E-state index in [-0.39, 0.29) is 11.6 Å². The maximum Gasteiger partial charge on any atom is 0.194 e. The molecule has 0 aliphatic heterocycles. The minimum Gasteiger partial charge on any atom is -0.289 e. The second-order valence-corrected chi connectivity index (χ2v) is 4.75. The van der Waals surface area contributed by atoms with Crippen molar-refractivity contribution in [3.05, 3.63) is 68.9 Å². The number of carbonyl (C=O) groups excluding carboxylic acids is 1. The molecule has 0 aliphatic rings. The van der Waals surface area contributed by atoms with Crippen LogP contribution in [0.2, 0.25) is 5.02 Å². The molecule has 0 bridgehead atoms. The fourth-order valence-corrected chi connectivity index (χ4v) is 2.18. The third-order valence-electron chi connectivity index (χ3n) is 2.26. The maximum absolute atomic E-state index is 12.9. The van der Waals surface area contributed by atoms with Crippen LogP contribution in [0.5, 0.6) is 0 Å². The molecule has 0 saturated carbocycles. The van der Waals surface area contributed by atoms with Crippen LogP contribution in [0.25, 0.3) is 0 Å². The number of ketones is 1. The number of hydrogen-bond acceptors (Lipinski definition) is 1. The number of rotatable bonds is 2. The predicted octanol–water partition coefficient (Wildman–Crippen LogP) is 4.47. The molecule has 0 aromatic heterocycles. The van der Waals surface area contributed by atoms with Gasteiger partial charge in [-0.1, -0.05) is 23.7 Å². The van der Waals surface area contributed by atoms with Crippen molar-refractivity contribution in [3.63, 3.8) is 0 Å². The molecule has 0 unspecified atom stereocenters. The molecule has 2 aromatic carbocycles. The minimum absolute atomic E-state index is 0.195. The molecule has 0 N–H and O–H groups in total. The smallest absolute Gasteiger partial charge is 0.194 e. The molecular formula is C13H7BrClFO. The van der Waals surface area contributed by atoms with Crippen LogP contribution in [-0.2, 0) is 0 Å². The normalized spacial score (nSPS) is 10.3. The fourth-order valence-electron chi connectivity index (χ4n) is 1.46. The van der Waals surface area contributed by atoms with Gasteiger partial charge in [0.25, 0.3) is 0 Å². The number of hydrogen-bond donors (Lipinski definition) is 0. The van der Waals surface area contributed by atoms with Crippen molar-refractivity contribution < 1.29 is 9.18 Å². The van der Waals surface area contributed by atoms with Crippen molar-refractivity contribution >= 4 is 33.3 Å². The Labute approximate surface area is 111 Å². The standard InChI is InChI=1S/C13H7BrClFO/c14-12-7-10(16)4-5-11(12)13(17)8-2-1-3-9(15)6-8/h1-7H. The topological polar surface area (TPSA) is 17.1 Å². The zero-order valence-electron chi connectivity index (χ0n) is 8.58. The molecule has 0 heterocycles. The van der Waals surface area contributed by atoms with Crippen molar-refractivity contribution in [1.29, 1.82) is 0 Å². The van der Waals surface area contributed by atoms with Crippen molar-refractivity contribution in [2.24, 2.45) is 0 Å². The molecule has 4 heteroatoms. The Bertz CT molecular complexity index is 583. The second-order valence-electron chi connectivity index (χ2n) is 3.46. The number of benzene rings is 2. The third-order valence-corrected chi connectivity index (χ3v) is 3.15. The summed E-state index contributed by atoms with van der Waals surface area (Å²) in [5.41, 5.74) is 0.887. The summed E-state index contributed by atoms with van der Waals surface area (Å²) in [6.07, 6.45) is 0. The Morgan fingerprint density at radius 3 is 2.59 bits per heavy atom. The lowest BCUT2D eigenvalue weighted by atomic mass is 10.0. The van der Waals surface area contributed by atoms with Gasteiger partial charge in [0, 0.05) is 20.6 Å². The highest BCUT2D eigenvalue weighted by molar-refractivity contribution is 9.10. The zero-order valence-corrected chi connectivity index (χ0v) is 10.9. The minimum atomic E-state index is -0.389. The monoisotopic (exact) mass is 312 g/mol. The highest BCUT2D eigenvalue weighted by Crippen LogP contribution is 2.22. The molecule has 2 aromatic rings. The van der Waals surface area contributed by atoms with Crippen LogP contribution in [0, 0.1) is 5.82 Å². The molecule has 0 amide bonds. The summed E-state index contributed by atoms with van der Waals surface area (Å²) in [6.45, 7) is 0. The Balaban J connectivity index is 2.44. The maximum atomic E-state index is 12.9. The van der Waals surface area contributed by atoms with Gasteiger partial charge in [-0.2, -0.15) is 0 Å². The van der Waals surface area contributed by atoms with E-state index >= 15 is 0 Å². The summed E-state index contributed by atoms with van der Waals surface area (Å²) in [6, 6.07) is 10.6. The first-order chi connectivity index (χ1) is 8.08. The van der Waals surface area contributed by atoms with E-state index in [1.54, 1.807) is 24.3 Å². The van der Waals surface area contributed by atoms with E-state index in [1.165, 1.54) is 18.2 Å². The molecule has 86 valence electrons. The van der Waals surface area contributed by atoms with Gasteiger partial charge in [-0.3, -0.25) is 4.79 Å². The van der Waals surface area contributed by atoms with Gasteiger partial charge in [-0.15, -0.1) is 0 Å². The predicted molar refractivity (Wildman–Crippen MR) is 69.0 cm³/mol. The van der Waals surface area contributed by atoms with Crippen molar-refractivity contribution in [1.82, 2.24) is 0 Å². The van der Waals surface area contributed by atoms with Crippen LogP contribution in [0.4, 0.5) is 4.39 Å². The lowest BCUT2D eigenvalue weighted by molar-refractivity contribution is 0.103. The molecule has 0 saturated heterocycles. The van der Waals surface area contributed by atoms with E-state index in [1.807, 2.05) is 0 Å². The molecule has 0 atom stereocenters. The van der Waals surface area contributed by atoms with Crippen LogP contribution >= 0.6 is 27.5 Å².